The van der Waals surface area contributed by atoms with E-state index >= 15 is 0 Å². The summed E-state index contributed by atoms with van der Waals surface area (Å²) in [6, 6.07) is 6.64. The van der Waals surface area contributed by atoms with Gasteiger partial charge in [-0.15, -0.1) is 0 Å². The number of hydrogen-bond donors (Lipinski definition) is 3. The molecule has 1 rings (SSSR count). The van der Waals surface area contributed by atoms with E-state index in [1.54, 1.807) is 18.2 Å². The van der Waals surface area contributed by atoms with Crippen LogP contribution in [0, 0.1) is 11.3 Å². The number of benzene rings is 1. The summed E-state index contributed by atoms with van der Waals surface area (Å²) in [5.41, 5.74) is 1.37. The first-order valence-corrected chi connectivity index (χ1v) is 5.16. The number of Topliss-reactive ketones (excluding diaryl/α,β-unsaturated/α-hetero) is 1. The van der Waals surface area contributed by atoms with Crippen molar-refractivity contribution in [3.63, 3.8) is 0 Å². The van der Waals surface area contributed by atoms with Crippen LogP contribution in [0.5, 0.6) is 0 Å². The molecule has 0 bridgehead atoms. The number of anilines is 1. The van der Waals surface area contributed by atoms with Crippen LogP contribution in [0.25, 0.3) is 0 Å². The normalized spacial score (nSPS) is 11.6. The molecule has 1 aromatic carbocycles. The fourth-order valence-electron chi connectivity index (χ4n) is 1.36. The van der Waals surface area contributed by atoms with E-state index in [0.29, 0.717) is 16.8 Å². The monoisotopic (exact) mass is 234 g/mol. The number of ketones is 1. The predicted molar refractivity (Wildman–Crippen MR) is 62.7 cm³/mol. The molecule has 0 saturated heterocycles. The van der Waals surface area contributed by atoms with Crippen molar-refractivity contribution in [2.75, 3.05) is 18.5 Å². The van der Waals surface area contributed by atoms with Gasteiger partial charge in [-0.05, 0) is 25.1 Å². The van der Waals surface area contributed by atoms with Gasteiger partial charge in [0.05, 0.1) is 24.3 Å². The number of rotatable bonds is 5. The second-order valence-electron chi connectivity index (χ2n) is 3.65. The van der Waals surface area contributed by atoms with E-state index in [4.69, 9.17) is 10.4 Å². The lowest BCUT2D eigenvalue weighted by atomic mass is 10.1. The Balaban J connectivity index is 2.94. The van der Waals surface area contributed by atoms with Crippen LogP contribution in [0.3, 0.4) is 0 Å². The van der Waals surface area contributed by atoms with E-state index in [0.717, 1.165) is 0 Å². The summed E-state index contributed by atoms with van der Waals surface area (Å²) in [6.45, 7) is 1.18. The lowest BCUT2D eigenvalue weighted by Crippen LogP contribution is -2.23. The van der Waals surface area contributed by atoms with Crippen LogP contribution in [-0.4, -0.2) is 35.3 Å². The van der Waals surface area contributed by atoms with Crippen LogP contribution in [0.1, 0.15) is 22.8 Å². The predicted octanol–water partition coefficient (Wildman–Crippen LogP) is 0.526. The van der Waals surface area contributed by atoms with Gasteiger partial charge in [0.15, 0.2) is 5.78 Å². The average molecular weight is 234 g/mol. The molecule has 1 aromatic rings. The lowest BCUT2D eigenvalue weighted by molar-refractivity contribution is 0.101. The second-order valence-corrected chi connectivity index (χ2v) is 3.65. The Hall–Kier alpha value is -1.90. The van der Waals surface area contributed by atoms with Crippen molar-refractivity contribution >= 4 is 11.5 Å². The highest BCUT2D eigenvalue weighted by Gasteiger charge is 2.09. The third kappa shape index (κ3) is 3.55. The number of carbonyl (C=O) groups is 1. The van der Waals surface area contributed by atoms with Crippen molar-refractivity contribution < 1.29 is 15.0 Å². The Morgan fingerprint density at radius 3 is 2.82 bits per heavy atom. The summed E-state index contributed by atoms with van der Waals surface area (Å²) >= 11 is 0. The first kappa shape index (κ1) is 13.2. The first-order chi connectivity index (χ1) is 8.08. The first-order valence-electron chi connectivity index (χ1n) is 5.16. The minimum absolute atomic E-state index is 0.117. The van der Waals surface area contributed by atoms with E-state index in [2.05, 4.69) is 5.32 Å². The van der Waals surface area contributed by atoms with Crippen molar-refractivity contribution in [3.05, 3.63) is 29.3 Å². The molecule has 0 aliphatic rings. The van der Waals surface area contributed by atoms with Crippen molar-refractivity contribution in [2.24, 2.45) is 0 Å². The summed E-state index contributed by atoms with van der Waals surface area (Å²) in [6.07, 6.45) is -0.902. The maximum atomic E-state index is 11.3. The highest BCUT2D eigenvalue weighted by atomic mass is 16.3. The van der Waals surface area contributed by atoms with Crippen LogP contribution in [0.15, 0.2) is 18.2 Å². The van der Waals surface area contributed by atoms with Crippen LogP contribution in [0.2, 0.25) is 0 Å². The van der Waals surface area contributed by atoms with Gasteiger partial charge in [0, 0.05) is 17.8 Å². The fraction of sp³-hybridized carbons (Fsp3) is 0.333. The number of hydrogen-bond acceptors (Lipinski definition) is 5. The maximum absolute atomic E-state index is 11.3. The van der Waals surface area contributed by atoms with E-state index in [9.17, 15) is 9.90 Å². The molecule has 0 spiro atoms. The molecule has 0 aliphatic heterocycles. The minimum atomic E-state index is -0.902. The summed E-state index contributed by atoms with van der Waals surface area (Å²) in [4.78, 5) is 11.3. The standard InChI is InChI=1S/C12H14N2O3/c1-8(16)11-3-2-9(5-13)4-12(11)14-6-10(17)7-15/h2-4,10,14-15,17H,6-7H2,1H3. The zero-order chi connectivity index (χ0) is 12.8. The van der Waals surface area contributed by atoms with Crippen molar-refractivity contribution in [1.29, 1.82) is 5.26 Å². The Kier molecular flexibility index (Phi) is 4.64. The van der Waals surface area contributed by atoms with Gasteiger partial charge in [-0.1, -0.05) is 0 Å². The highest BCUT2D eigenvalue weighted by Crippen LogP contribution is 2.18. The van der Waals surface area contributed by atoms with Crippen LogP contribution >= 0.6 is 0 Å². The topological polar surface area (TPSA) is 93.4 Å². The molecule has 5 nitrogen and oxygen atoms in total. The summed E-state index contributed by atoms with van der Waals surface area (Å²) < 4.78 is 0. The number of nitriles is 1. The Morgan fingerprint density at radius 1 is 1.59 bits per heavy atom. The zero-order valence-corrected chi connectivity index (χ0v) is 9.47. The average Bonchev–Trinajstić information content (AvgIpc) is 2.35. The number of aliphatic hydroxyl groups is 2. The quantitative estimate of drug-likeness (QED) is 0.646. The third-order valence-corrected chi connectivity index (χ3v) is 2.27. The van der Waals surface area contributed by atoms with Gasteiger partial charge in [0.25, 0.3) is 0 Å². The number of carbonyl (C=O) groups excluding carboxylic acids is 1. The molecule has 0 fully saturated rings. The van der Waals surface area contributed by atoms with Gasteiger partial charge in [0.1, 0.15) is 0 Å². The van der Waals surface area contributed by atoms with Gasteiger partial charge in [-0.3, -0.25) is 4.79 Å². The van der Waals surface area contributed by atoms with Gasteiger partial charge < -0.3 is 15.5 Å². The molecule has 0 aromatic heterocycles. The molecular formula is C12H14N2O3. The summed E-state index contributed by atoms with van der Waals surface area (Å²) in [5.74, 6) is -0.129. The molecule has 3 N–H and O–H groups in total. The van der Waals surface area contributed by atoms with E-state index in [1.165, 1.54) is 6.92 Å². The Labute approximate surface area is 99.3 Å². The summed E-state index contributed by atoms with van der Waals surface area (Å²) in [7, 11) is 0. The van der Waals surface area contributed by atoms with Crippen LogP contribution in [-0.2, 0) is 0 Å². The van der Waals surface area contributed by atoms with Crippen LogP contribution in [0.4, 0.5) is 5.69 Å². The Morgan fingerprint density at radius 2 is 2.29 bits per heavy atom. The molecule has 17 heavy (non-hydrogen) atoms. The number of nitrogens with one attached hydrogen (secondary N) is 1. The molecular weight excluding hydrogens is 220 g/mol. The smallest absolute Gasteiger partial charge is 0.161 e. The van der Waals surface area contributed by atoms with E-state index in [-0.39, 0.29) is 18.9 Å². The third-order valence-electron chi connectivity index (χ3n) is 2.27. The van der Waals surface area contributed by atoms with Gasteiger partial charge >= 0.3 is 0 Å². The molecule has 1 unspecified atom stereocenters. The number of nitrogens with zero attached hydrogens (tertiary/aromatic N) is 1. The minimum Gasteiger partial charge on any atom is -0.394 e. The van der Waals surface area contributed by atoms with Crippen molar-refractivity contribution in [3.8, 4) is 6.07 Å². The van der Waals surface area contributed by atoms with E-state index < -0.39 is 6.10 Å². The van der Waals surface area contributed by atoms with Gasteiger partial charge in [0.2, 0.25) is 0 Å². The maximum Gasteiger partial charge on any atom is 0.161 e. The fourth-order valence-corrected chi connectivity index (χ4v) is 1.36. The largest absolute Gasteiger partial charge is 0.394 e. The summed E-state index contributed by atoms with van der Waals surface area (Å²) in [5, 5.41) is 29.5. The van der Waals surface area contributed by atoms with Gasteiger partial charge in [-0.25, -0.2) is 0 Å². The number of aliphatic hydroxyl groups excluding tert-OH is 2. The molecule has 90 valence electrons. The zero-order valence-electron chi connectivity index (χ0n) is 9.47. The molecule has 0 heterocycles. The molecule has 1 atom stereocenters. The van der Waals surface area contributed by atoms with E-state index in [1.807, 2.05) is 6.07 Å². The molecule has 0 aliphatic carbocycles. The Bertz CT molecular complexity index is 452. The second kappa shape index (κ2) is 5.99. The molecule has 0 amide bonds. The molecule has 5 heteroatoms. The molecule has 0 saturated carbocycles. The van der Waals surface area contributed by atoms with Crippen molar-refractivity contribution in [2.45, 2.75) is 13.0 Å². The highest BCUT2D eigenvalue weighted by molar-refractivity contribution is 5.99. The van der Waals surface area contributed by atoms with Gasteiger partial charge in [-0.2, -0.15) is 5.26 Å². The molecule has 0 radical (unpaired) electrons. The van der Waals surface area contributed by atoms with Crippen molar-refractivity contribution in [1.82, 2.24) is 0 Å². The SMILES string of the molecule is CC(=O)c1ccc(C#N)cc1NCC(O)CO. The van der Waals surface area contributed by atoms with Crippen LogP contribution < -0.4 is 5.32 Å². The lowest BCUT2D eigenvalue weighted by Gasteiger charge is -2.13.